The number of nitrogens with two attached hydrogens (primary N) is 1. The molecule has 2 amide bonds. The molecule has 2 atom stereocenters. The number of carbonyl (C=O) groups excluding carboxylic acids is 2. The Morgan fingerprint density at radius 3 is 2.55 bits per heavy atom. The SMILES string of the molecule is CC(C)C(O/N=C(\C(=O)NC1C(=O)N(S(=O)(=O)O)C12CCCC2)c1csc(N)n1)c1cc(=O)c(O)cn1O. The number of hydrogen-bond donors (Lipinski definition) is 5. The molecule has 3 heterocycles. The van der Waals surface area contributed by atoms with Gasteiger partial charge in [0.1, 0.15) is 17.4 Å². The number of aromatic nitrogens is 2. The van der Waals surface area contributed by atoms with Crippen molar-refractivity contribution in [2.24, 2.45) is 11.1 Å². The smallest absolute Gasteiger partial charge is 0.362 e. The van der Waals surface area contributed by atoms with Crippen LogP contribution in [0.25, 0.3) is 0 Å². The first kappa shape index (κ1) is 27.3. The number of nitrogens with zero attached hydrogens (tertiary/aromatic N) is 4. The second kappa shape index (κ2) is 9.88. The van der Waals surface area contributed by atoms with E-state index in [0.29, 0.717) is 21.9 Å². The molecule has 2 aromatic rings. The van der Waals surface area contributed by atoms with Crippen LogP contribution in [0.2, 0.25) is 0 Å². The summed E-state index contributed by atoms with van der Waals surface area (Å²) in [7, 11) is -4.84. The molecule has 1 aliphatic heterocycles. The molecule has 38 heavy (non-hydrogen) atoms. The number of carbonyl (C=O) groups is 2. The molecule has 1 spiro atoms. The van der Waals surface area contributed by atoms with E-state index in [-0.39, 0.29) is 29.4 Å². The normalized spacial score (nSPS) is 20.0. The van der Waals surface area contributed by atoms with Crippen molar-refractivity contribution in [3.8, 4) is 5.75 Å². The highest BCUT2D eigenvalue weighted by Crippen LogP contribution is 2.47. The van der Waals surface area contributed by atoms with Gasteiger partial charge in [-0.2, -0.15) is 13.1 Å². The molecule has 0 bridgehead atoms. The van der Waals surface area contributed by atoms with Crippen LogP contribution in [0.3, 0.4) is 0 Å². The third kappa shape index (κ3) is 4.79. The maximum Gasteiger partial charge on any atom is 0.362 e. The van der Waals surface area contributed by atoms with E-state index in [2.05, 4.69) is 15.5 Å². The first-order chi connectivity index (χ1) is 17.8. The predicted octanol–water partition coefficient (Wildman–Crippen LogP) is 0.391. The summed E-state index contributed by atoms with van der Waals surface area (Å²) in [6.07, 6.45) is 1.39. The summed E-state index contributed by atoms with van der Waals surface area (Å²) in [5.41, 5.74) is 3.17. The molecule has 2 aliphatic rings. The van der Waals surface area contributed by atoms with Gasteiger partial charge in [-0.05, 0) is 18.8 Å². The molecule has 17 heteroatoms. The number of nitrogens with one attached hydrogen (secondary N) is 1. The maximum atomic E-state index is 13.4. The molecule has 1 saturated heterocycles. The molecule has 0 radical (unpaired) electrons. The van der Waals surface area contributed by atoms with Gasteiger partial charge in [-0.15, -0.1) is 11.3 Å². The highest BCUT2D eigenvalue weighted by atomic mass is 32.2. The molecule has 206 valence electrons. The number of pyridine rings is 1. The van der Waals surface area contributed by atoms with Crippen LogP contribution in [0.5, 0.6) is 5.75 Å². The minimum atomic E-state index is -4.84. The van der Waals surface area contributed by atoms with E-state index in [1.807, 2.05) is 0 Å². The molecule has 4 rings (SSSR count). The lowest BCUT2D eigenvalue weighted by molar-refractivity contribution is -0.153. The van der Waals surface area contributed by atoms with Crippen molar-refractivity contribution in [1.29, 1.82) is 0 Å². The summed E-state index contributed by atoms with van der Waals surface area (Å²) in [5, 5.41) is 27.7. The average molecular weight is 571 g/mol. The number of aromatic hydroxyl groups is 1. The second-order valence-corrected chi connectivity index (χ2v) is 11.5. The first-order valence-corrected chi connectivity index (χ1v) is 13.8. The fourth-order valence-electron chi connectivity index (χ4n) is 4.80. The summed E-state index contributed by atoms with van der Waals surface area (Å²) in [4.78, 5) is 47.6. The molecule has 6 N–H and O–H groups in total. The zero-order valence-electron chi connectivity index (χ0n) is 20.3. The van der Waals surface area contributed by atoms with Gasteiger partial charge in [0.25, 0.3) is 11.8 Å². The van der Waals surface area contributed by atoms with Crippen LogP contribution < -0.4 is 16.5 Å². The number of oxime groups is 1. The lowest BCUT2D eigenvalue weighted by atomic mass is 9.79. The number of thiazole rings is 1. The standard InChI is InChI=1S/C21H26N6O9S2/c1-10(2)16(12-7-13(28)14(29)8-26(12)32)36-25-15(11-9-37-20(22)23-11)18(30)24-17-19(31)27(38(33,34)35)21(17)5-3-4-6-21/h7-10,16-17,29,32H,3-6H2,1-2H3,(H2,22,23)(H,24,30)(H,33,34,35)/b25-15-. The van der Waals surface area contributed by atoms with Crippen LogP contribution in [0.4, 0.5) is 5.13 Å². The number of anilines is 1. The Labute approximate surface area is 220 Å². The molecule has 2 fully saturated rings. The molecular formula is C21H26N6O9S2. The Balaban J connectivity index is 1.67. The van der Waals surface area contributed by atoms with Gasteiger partial charge in [0.05, 0.1) is 11.7 Å². The number of rotatable bonds is 8. The molecule has 2 unspecified atom stereocenters. The highest BCUT2D eigenvalue weighted by Gasteiger charge is 2.66. The first-order valence-electron chi connectivity index (χ1n) is 11.5. The van der Waals surface area contributed by atoms with Crippen LogP contribution in [-0.2, 0) is 24.7 Å². The van der Waals surface area contributed by atoms with Crippen molar-refractivity contribution < 1.29 is 37.7 Å². The van der Waals surface area contributed by atoms with Gasteiger partial charge in [0, 0.05) is 11.4 Å². The van der Waals surface area contributed by atoms with E-state index in [0.717, 1.165) is 23.6 Å². The molecule has 0 aromatic carbocycles. The molecule has 1 saturated carbocycles. The fourth-order valence-corrected chi connectivity index (χ4v) is 6.43. The third-order valence-electron chi connectivity index (χ3n) is 6.54. The fraction of sp³-hybridized carbons (Fsp3) is 0.476. The number of nitrogen functional groups attached to an aromatic ring is 1. The van der Waals surface area contributed by atoms with Crippen LogP contribution >= 0.6 is 11.3 Å². The Hall–Kier alpha value is -3.70. The Morgan fingerprint density at radius 2 is 2.00 bits per heavy atom. The highest BCUT2D eigenvalue weighted by molar-refractivity contribution is 7.84. The minimum absolute atomic E-state index is 0.00141. The quantitative estimate of drug-likeness (QED) is 0.0958. The van der Waals surface area contributed by atoms with Crippen molar-refractivity contribution in [3.63, 3.8) is 0 Å². The van der Waals surface area contributed by atoms with E-state index >= 15 is 0 Å². The Morgan fingerprint density at radius 1 is 1.34 bits per heavy atom. The van der Waals surface area contributed by atoms with Crippen molar-refractivity contribution >= 4 is 44.3 Å². The number of hydrogen-bond acceptors (Lipinski definition) is 12. The predicted molar refractivity (Wildman–Crippen MR) is 133 cm³/mol. The second-order valence-electron chi connectivity index (χ2n) is 9.37. The molecule has 1 aliphatic carbocycles. The van der Waals surface area contributed by atoms with Gasteiger partial charge in [0.2, 0.25) is 5.43 Å². The van der Waals surface area contributed by atoms with Gasteiger partial charge in [0.15, 0.2) is 22.7 Å². The molecule has 2 aromatic heterocycles. The largest absolute Gasteiger partial charge is 0.503 e. The topological polar surface area (TPSA) is 227 Å². The van der Waals surface area contributed by atoms with Gasteiger partial charge < -0.3 is 26.2 Å². The number of β-lactam (4-membered cyclic amide) rings is 1. The van der Waals surface area contributed by atoms with Crippen LogP contribution in [0.15, 0.2) is 27.6 Å². The van der Waals surface area contributed by atoms with Crippen LogP contribution in [0.1, 0.15) is 57.0 Å². The van der Waals surface area contributed by atoms with E-state index in [1.165, 1.54) is 5.38 Å². The molecular weight excluding hydrogens is 544 g/mol. The van der Waals surface area contributed by atoms with Gasteiger partial charge in [-0.25, -0.2) is 9.29 Å². The summed E-state index contributed by atoms with van der Waals surface area (Å²) in [6.45, 7) is 3.39. The zero-order chi connectivity index (χ0) is 28.0. The van der Waals surface area contributed by atoms with E-state index in [1.54, 1.807) is 13.8 Å². The van der Waals surface area contributed by atoms with Crippen LogP contribution in [0, 0.1) is 5.92 Å². The Bertz CT molecular complexity index is 1460. The zero-order valence-corrected chi connectivity index (χ0v) is 21.9. The van der Waals surface area contributed by atoms with Crippen molar-refractivity contribution in [2.45, 2.75) is 57.2 Å². The summed E-state index contributed by atoms with van der Waals surface area (Å²) in [6, 6.07) is -0.294. The Kier molecular flexibility index (Phi) is 7.11. The van der Waals surface area contributed by atoms with Gasteiger partial charge in [-0.1, -0.05) is 31.8 Å². The van der Waals surface area contributed by atoms with Gasteiger partial charge in [-0.3, -0.25) is 18.9 Å². The third-order valence-corrected chi connectivity index (χ3v) is 8.22. The lowest BCUT2D eigenvalue weighted by Gasteiger charge is -2.53. The average Bonchev–Trinajstić information content (AvgIpc) is 3.47. The summed E-state index contributed by atoms with van der Waals surface area (Å²) in [5.74, 6) is -3.01. The monoisotopic (exact) mass is 570 g/mol. The minimum Gasteiger partial charge on any atom is -0.503 e. The van der Waals surface area contributed by atoms with Crippen molar-refractivity contribution in [2.75, 3.05) is 5.73 Å². The van der Waals surface area contributed by atoms with Crippen molar-refractivity contribution in [1.82, 2.24) is 19.3 Å². The lowest BCUT2D eigenvalue weighted by Crippen LogP contribution is -2.79. The van der Waals surface area contributed by atoms with Crippen LogP contribution in [-0.4, -0.2) is 66.4 Å². The summed E-state index contributed by atoms with van der Waals surface area (Å²) < 4.78 is 34.2. The van der Waals surface area contributed by atoms with E-state index in [4.69, 9.17) is 10.6 Å². The van der Waals surface area contributed by atoms with E-state index in [9.17, 15) is 37.7 Å². The molecule has 15 nitrogen and oxygen atoms in total. The summed E-state index contributed by atoms with van der Waals surface area (Å²) >= 11 is 1.00. The van der Waals surface area contributed by atoms with E-state index < -0.39 is 62.6 Å². The van der Waals surface area contributed by atoms with Crippen molar-refractivity contribution in [3.05, 3.63) is 39.3 Å². The van der Waals surface area contributed by atoms with Gasteiger partial charge >= 0.3 is 10.3 Å². The number of amides is 2. The maximum absolute atomic E-state index is 13.4.